The fourth-order valence-electron chi connectivity index (χ4n) is 2.47. The monoisotopic (exact) mass is 328 g/mol. The van der Waals surface area contributed by atoms with Gasteiger partial charge in [0.1, 0.15) is 0 Å². The van der Waals surface area contributed by atoms with Crippen LogP contribution in [0.5, 0.6) is 0 Å². The van der Waals surface area contributed by atoms with Gasteiger partial charge in [-0.15, -0.1) is 0 Å². The topological polar surface area (TPSA) is 78.4 Å². The van der Waals surface area contributed by atoms with Gasteiger partial charge in [0.15, 0.2) is 0 Å². The Labute approximate surface area is 142 Å². The minimum absolute atomic E-state index is 0.00882. The maximum absolute atomic E-state index is 12.1. The molecule has 0 heterocycles. The fraction of sp³-hybridized carbons (Fsp3) is 0.368. The summed E-state index contributed by atoms with van der Waals surface area (Å²) in [5, 5.41) is 16.6. The van der Waals surface area contributed by atoms with Gasteiger partial charge in [0.05, 0.1) is 13.0 Å². The van der Waals surface area contributed by atoms with Gasteiger partial charge in [-0.25, -0.2) is 0 Å². The van der Waals surface area contributed by atoms with E-state index >= 15 is 0 Å². The minimum atomic E-state index is -0.255. The molecule has 2 aromatic rings. The van der Waals surface area contributed by atoms with Crippen molar-refractivity contribution in [3.8, 4) is 0 Å². The zero-order valence-electron chi connectivity index (χ0n) is 14.1. The molecule has 128 valence electrons. The maximum Gasteiger partial charge on any atom is 0.239 e. The zero-order chi connectivity index (χ0) is 17.5. The Bertz CT molecular complexity index is 709. The summed E-state index contributed by atoms with van der Waals surface area (Å²) in [6.45, 7) is 3.63. The number of fused-ring (bicyclic) bond motifs is 1. The maximum atomic E-state index is 12.1. The summed E-state index contributed by atoms with van der Waals surface area (Å²) in [5.74, 6) is -0.473. The first-order valence-electron chi connectivity index (χ1n) is 8.15. The normalized spacial score (nSPS) is 13.3. The van der Waals surface area contributed by atoms with E-state index in [1.807, 2.05) is 56.3 Å². The Morgan fingerprint density at radius 2 is 1.75 bits per heavy atom. The SMILES string of the molecule is CC(CO)C(C)NC(=O)CNC(=O)Cc1cccc2ccccc12. The first kappa shape index (κ1) is 17.9. The molecule has 5 nitrogen and oxygen atoms in total. The number of rotatable bonds is 7. The van der Waals surface area contributed by atoms with Gasteiger partial charge in [0.25, 0.3) is 0 Å². The second-order valence-electron chi connectivity index (χ2n) is 6.11. The number of hydrogen-bond donors (Lipinski definition) is 3. The number of aliphatic hydroxyl groups excluding tert-OH is 1. The molecule has 2 atom stereocenters. The van der Waals surface area contributed by atoms with Gasteiger partial charge in [0.2, 0.25) is 11.8 Å². The molecule has 0 fully saturated rings. The number of carbonyl (C=O) groups excluding carboxylic acids is 2. The Hall–Kier alpha value is -2.40. The van der Waals surface area contributed by atoms with E-state index in [-0.39, 0.29) is 43.3 Å². The molecule has 0 aliphatic heterocycles. The Balaban J connectivity index is 1.88. The second-order valence-corrected chi connectivity index (χ2v) is 6.11. The van der Waals surface area contributed by atoms with Crippen LogP contribution in [0.1, 0.15) is 19.4 Å². The molecule has 0 saturated carbocycles. The number of hydrogen-bond acceptors (Lipinski definition) is 3. The van der Waals surface area contributed by atoms with Crippen LogP contribution in [0.15, 0.2) is 42.5 Å². The van der Waals surface area contributed by atoms with Gasteiger partial charge in [-0.1, -0.05) is 49.4 Å². The van der Waals surface area contributed by atoms with Crippen molar-refractivity contribution in [1.82, 2.24) is 10.6 Å². The molecule has 2 rings (SSSR count). The molecule has 0 radical (unpaired) electrons. The summed E-state index contributed by atoms with van der Waals surface area (Å²) in [6, 6.07) is 13.6. The smallest absolute Gasteiger partial charge is 0.239 e. The van der Waals surface area contributed by atoms with Gasteiger partial charge >= 0.3 is 0 Å². The summed E-state index contributed by atoms with van der Waals surface area (Å²) in [5.41, 5.74) is 0.938. The molecule has 0 bridgehead atoms. The Kier molecular flexibility index (Phi) is 6.32. The van der Waals surface area contributed by atoms with E-state index in [0.29, 0.717) is 0 Å². The summed E-state index contributed by atoms with van der Waals surface area (Å²) in [6.07, 6.45) is 0.233. The highest BCUT2D eigenvalue weighted by Gasteiger charge is 2.14. The molecule has 0 aromatic heterocycles. The highest BCUT2D eigenvalue weighted by Crippen LogP contribution is 2.18. The van der Waals surface area contributed by atoms with Crippen LogP contribution in [0.4, 0.5) is 0 Å². The van der Waals surface area contributed by atoms with E-state index < -0.39 is 0 Å². The van der Waals surface area contributed by atoms with Crippen LogP contribution in [0.2, 0.25) is 0 Å². The number of benzene rings is 2. The molecule has 3 N–H and O–H groups in total. The van der Waals surface area contributed by atoms with Crippen LogP contribution in [-0.4, -0.2) is 36.1 Å². The van der Waals surface area contributed by atoms with Gasteiger partial charge in [-0.05, 0) is 29.2 Å². The van der Waals surface area contributed by atoms with Crippen molar-refractivity contribution >= 4 is 22.6 Å². The van der Waals surface area contributed by atoms with E-state index in [9.17, 15) is 9.59 Å². The highest BCUT2D eigenvalue weighted by molar-refractivity contribution is 5.91. The lowest BCUT2D eigenvalue weighted by molar-refractivity contribution is -0.126. The Morgan fingerprint density at radius 3 is 2.50 bits per heavy atom. The first-order chi connectivity index (χ1) is 11.5. The van der Waals surface area contributed by atoms with Crippen molar-refractivity contribution in [2.75, 3.05) is 13.2 Å². The molecule has 0 spiro atoms. The number of aliphatic hydroxyl groups is 1. The molecule has 2 unspecified atom stereocenters. The number of nitrogens with one attached hydrogen (secondary N) is 2. The molecule has 0 saturated heterocycles. The summed E-state index contributed by atoms with van der Waals surface area (Å²) in [7, 11) is 0. The van der Waals surface area contributed by atoms with Crippen molar-refractivity contribution in [2.45, 2.75) is 26.3 Å². The molecule has 0 aliphatic rings. The van der Waals surface area contributed by atoms with Crippen molar-refractivity contribution in [3.63, 3.8) is 0 Å². The van der Waals surface area contributed by atoms with Crippen LogP contribution in [0.25, 0.3) is 10.8 Å². The highest BCUT2D eigenvalue weighted by atomic mass is 16.3. The summed E-state index contributed by atoms with van der Waals surface area (Å²) in [4.78, 5) is 23.9. The van der Waals surface area contributed by atoms with E-state index in [0.717, 1.165) is 16.3 Å². The van der Waals surface area contributed by atoms with Crippen molar-refractivity contribution in [2.24, 2.45) is 5.92 Å². The summed E-state index contributed by atoms with van der Waals surface area (Å²) < 4.78 is 0. The average Bonchev–Trinajstić information content (AvgIpc) is 2.59. The quantitative estimate of drug-likeness (QED) is 0.723. The molecule has 2 aromatic carbocycles. The molecular weight excluding hydrogens is 304 g/mol. The molecule has 5 heteroatoms. The average molecular weight is 328 g/mol. The fourth-order valence-corrected chi connectivity index (χ4v) is 2.47. The zero-order valence-corrected chi connectivity index (χ0v) is 14.1. The van der Waals surface area contributed by atoms with E-state index in [1.165, 1.54) is 0 Å². The van der Waals surface area contributed by atoms with Gasteiger partial charge in [-0.3, -0.25) is 9.59 Å². The lowest BCUT2D eigenvalue weighted by Gasteiger charge is -2.19. The standard InChI is InChI=1S/C19H24N2O3/c1-13(12-22)14(2)21-19(24)11-20-18(23)10-16-8-5-7-15-6-3-4-9-17(15)16/h3-9,13-14,22H,10-12H2,1-2H3,(H,20,23)(H,21,24). The molecule has 0 aliphatic carbocycles. The lowest BCUT2D eigenvalue weighted by atomic mass is 10.0. The van der Waals surface area contributed by atoms with Crippen LogP contribution >= 0.6 is 0 Å². The lowest BCUT2D eigenvalue weighted by Crippen LogP contribution is -2.44. The number of carbonyl (C=O) groups is 2. The third-order valence-corrected chi connectivity index (χ3v) is 4.21. The van der Waals surface area contributed by atoms with Gasteiger partial charge in [-0.2, -0.15) is 0 Å². The van der Waals surface area contributed by atoms with Gasteiger partial charge < -0.3 is 15.7 Å². The second kappa shape index (κ2) is 8.45. The third kappa shape index (κ3) is 4.80. The van der Waals surface area contributed by atoms with E-state index in [4.69, 9.17) is 5.11 Å². The molecule has 2 amide bonds. The first-order valence-corrected chi connectivity index (χ1v) is 8.15. The van der Waals surface area contributed by atoms with Crippen molar-refractivity contribution < 1.29 is 14.7 Å². The minimum Gasteiger partial charge on any atom is -0.396 e. The predicted molar refractivity (Wildman–Crippen MR) is 94.5 cm³/mol. The predicted octanol–water partition coefficient (Wildman–Crippen LogP) is 1.63. The molecule has 24 heavy (non-hydrogen) atoms. The van der Waals surface area contributed by atoms with Crippen LogP contribution in [0, 0.1) is 5.92 Å². The van der Waals surface area contributed by atoms with Crippen LogP contribution in [0.3, 0.4) is 0 Å². The van der Waals surface area contributed by atoms with E-state index in [1.54, 1.807) is 0 Å². The van der Waals surface area contributed by atoms with Gasteiger partial charge in [0, 0.05) is 12.6 Å². The van der Waals surface area contributed by atoms with Crippen molar-refractivity contribution in [1.29, 1.82) is 0 Å². The van der Waals surface area contributed by atoms with Crippen LogP contribution < -0.4 is 10.6 Å². The van der Waals surface area contributed by atoms with Crippen molar-refractivity contribution in [3.05, 3.63) is 48.0 Å². The molecular formula is C19H24N2O3. The van der Waals surface area contributed by atoms with E-state index in [2.05, 4.69) is 10.6 Å². The third-order valence-electron chi connectivity index (χ3n) is 4.21. The number of amides is 2. The largest absolute Gasteiger partial charge is 0.396 e. The van der Waals surface area contributed by atoms with Crippen LogP contribution in [-0.2, 0) is 16.0 Å². The Morgan fingerprint density at radius 1 is 1.04 bits per heavy atom. The summed E-state index contributed by atoms with van der Waals surface area (Å²) >= 11 is 0.